The van der Waals surface area contributed by atoms with Gasteiger partial charge in [-0.3, -0.25) is 14.6 Å². The molecule has 5 rings (SSSR count). The second kappa shape index (κ2) is 10.8. The molecule has 0 unspecified atom stereocenters. The van der Waals surface area contributed by atoms with E-state index in [-0.39, 0.29) is 5.91 Å². The molecule has 1 aliphatic heterocycles. The van der Waals surface area contributed by atoms with Gasteiger partial charge in [0.15, 0.2) is 5.13 Å². The van der Waals surface area contributed by atoms with Crippen molar-refractivity contribution in [3.8, 4) is 5.75 Å². The Morgan fingerprint density at radius 1 is 1.12 bits per heavy atom. The molecule has 180 valence electrons. The van der Waals surface area contributed by atoms with E-state index in [0.717, 1.165) is 78.8 Å². The first kappa shape index (κ1) is 23.3. The molecule has 0 atom stereocenters. The van der Waals surface area contributed by atoms with Crippen molar-refractivity contribution >= 4 is 32.6 Å². The van der Waals surface area contributed by atoms with Crippen LogP contribution in [-0.4, -0.2) is 61.8 Å². The maximum atomic E-state index is 13.8. The van der Waals surface area contributed by atoms with Crippen LogP contribution in [0.1, 0.15) is 47.7 Å². The standard InChI is InChI=1S/C27H33N3O3S/c1-2-33-23-10-11-24-25(19-23)34-27(28-24)30(13-5-12-29-14-16-32-17-15-29)26(31)22-9-8-20-6-3-4-7-21(20)18-22/h8-11,18-19H,2-7,12-17H2,1H3. The van der Waals surface area contributed by atoms with Crippen molar-refractivity contribution in [3.05, 3.63) is 53.1 Å². The highest BCUT2D eigenvalue weighted by Crippen LogP contribution is 2.33. The molecule has 0 radical (unpaired) electrons. The molecule has 1 fully saturated rings. The Hall–Kier alpha value is -2.48. The lowest BCUT2D eigenvalue weighted by molar-refractivity contribution is 0.0376. The Labute approximate surface area is 205 Å². The Bertz CT molecular complexity index is 1140. The summed E-state index contributed by atoms with van der Waals surface area (Å²) in [6.45, 7) is 7.70. The smallest absolute Gasteiger partial charge is 0.260 e. The highest BCUT2D eigenvalue weighted by atomic mass is 32.1. The van der Waals surface area contributed by atoms with Gasteiger partial charge in [0, 0.05) is 31.7 Å². The van der Waals surface area contributed by atoms with Crippen molar-refractivity contribution in [3.63, 3.8) is 0 Å². The number of hydrogen-bond donors (Lipinski definition) is 0. The first-order chi connectivity index (χ1) is 16.7. The van der Waals surface area contributed by atoms with Crippen molar-refractivity contribution in [1.29, 1.82) is 0 Å². The maximum Gasteiger partial charge on any atom is 0.260 e. The van der Waals surface area contributed by atoms with Crippen LogP contribution in [0.2, 0.25) is 0 Å². The number of fused-ring (bicyclic) bond motifs is 2. The predicted octanol–water partition coefficient (Wildman–Crippen LogP) is 4.94. The van der Waals surface area contributed by atoms with Crippen molar-refractivity contribution in [2.45, 2.75) is 39.0 Å². The summed E-state index contributed by atoms with van der Waals surface area (Å²) < 4.78 is 12.2. The molecular weight excluding hydrogens is 446 g/mol. The van der Waals surface area contributed by atoms with Crippen LogP contribution in [-0.2, 0) is 17.6 Å². The minimum absolute atomic E-state index is 0.0411. The molecule has 0 saturated carbocycles. The van der Waals surface area contributed by atoms with Gasteiger partial charge in [-0.1, -0.05) is 17.4 Å². The van der Waals surface area contributed by atoms with Crippen LogP contribution in [0.5, 0.6) is 5.75 Å². The van der Waals surface area contributed by atoms with Gasteiger partial charge in [0.1, 0.15) is 5.75 Å². The van der Waals surface area contributed by atoms with Gasteiger partial charge in [-0.05, 0) is 80.5 Å². The lowest BCUT2D eigenvalue weighted by Gasteiger charge is -2.28. The summed E-state index contributed by atoms with van der Waals surface area (Å²) >= 11 is 1.56. The molecule has 2 aromatic carbocycles. The summed E-state index contributed by atoms with van der Waals surface area (Å²) in [7, 11) is 0. The van der Waals surface area contributed by atoms with Gasteiger partial charge in [-0.15, -0.1) is 0 Å². The van der Waals surface area contributed by atoms with Crippen molar-refractivity contribution < 1.29 is 14.3 Å². The molecule has 0 bridgehead atoms. The molecule has 2 heterocycles. The molecular formula is C27H33N3O3S. The average Bonchev–Trinajstić information content (AvgIpc) is 3.30. The number of amides is 1. The molecule has 0 N–H and O–H groups in total. The Balaban J connectivity index is 1.40. The average molecular weight is 480 g/mol. The minimum atomic E-state index is 0.0411. The van der Waals surface area contributed by atoms with Gasteiger partial charge >= 0.3 is 0 Å². The van der Waals surface area contributed by atoms with Crippen LogP contribution < -0.4 is 9.64 Å². The van der Waals surface area contributed by atoms with Crippen molar-refractivity contribution in [2.24, 2.45) is 0 Å². The molecule has 1 aromatic heterocycles. The monoisotopic (exact) mass is 479 g/mol. The van der Waals surface area contributed by atoms with Crippen LogP contribution in [0.25, 0.3) is 10.2 Å². The van der Waals surface area contributed by atoms with Crippen LogP contribution in [0.15, 0.2) is 36.4 Å². The summed E-state index contributed by atoms with van der Waals surface area (Å²) in [5.41, 5.74) is 4.39. The number of anilines is 1. The van der Waals surface area contributed by atoms with E-state index >= 15 is 0 Å². The maximum absolute atomic E-state index is 13.8. The van der Waals surface area contributed by atoms with E-state index in [1.54, 1.807) is 11.3 Å². The third-order valence-corrected chi connectivity index (χ3v) is 7.73. The van der Waals surface area contributed by atoms with E-state index in [9.17, 15) is 4.79 Å². The lowest BCUT2D eigenvalue weighted by Crippen LogP contribution is -2.39. The zero-order chi connectivity index (χ0) is 23.3. The van der Waals surface area contributed by atoms with Crippen LogP contribution in [0.3, 0.4) is 0 Å². The van der Waals surface area contributed by atoms with Gasteiger partial charge in [0.2, 0.25) is 0 Å². The van der Waals surface area contributed by atoms with Gasteiger partial charge in [-0.2, -0.15) is 0 Å². The number of carbonyl (C=O) groups excluding carboxylic acids is 1. The van der Waals surface area contributed by atoms with E-state index in [4.69, 9.17) is 14.5 Å². The summed E-state index contributed by atoms with van der Waals surface area (Å²) in [6.07, 6.45) is 5.52. The lowest BCUT2D eigenvalue weighted by atomic mass is 9.90. The van der Waals surface area contributed by atoms with Gasteiger partial charge in [0.25, 0.3) is 5.91 Å². The van der Waals surface area contributed by atoms with E-state index < -0.39 is 0 Å². The summed E-state index contributed by atoms with van der Waals surface area (Å²) in [6, 6.07) is 12.2. The molecule has 1 aliphatic carbocycles. The van der Waals surface area contributed by atoms with Gasteiger partial charge < -0.3 is 9.47 Å². The van der Waals surface area contributed by atoms with Crippen LogP contribution in [0, 0.1) is 0 Å². The molecule has 2 aliphatic rings. The number of aromatic nitrogens is 1. The number of thiazole rings is 1. The van der Waals surface area contributed by atoms with Crippen molar-refractivity contribution in [1.82, 2.24) is 9.88 Å². The van der Waals surface area contributed by atoms with Crippen molar-refractivity contribution in [2.75, 3.05) is 50.9 Å². The highest BCUT2D eigenvalue weighted by Gasteiger charge is 2.23. The first-order valence-corrected chi connectivity index (χ1v) is 13.3. The topological polar surface area (TPSA) is 54.9 Å². The number of nitrogens with zero attached hydrogens (tertiary/aromatic N) is 3. The third kappa shape index (κ3) is 5.27. The minimum Gasteiger partial charge on any atom is -0.494 e. The fourth-order valence-electron chi connectivity index (χ4n) is 4.85. The second-order valence-electron chi connectivity index (χ2n) is 9.01. The SMILES string of the molecule is CCOc1ccc2nc(N(CCCN3CCOCC3)C(=O)c3ccc4c(c3)CCCC4)sc2c1. The molecule has 3 aromatic rings. The Kier molecular flexibility index (Phi) is 7.42. The number of morpholine rings is 1. The summed E-state index contributed by atoms with van der Waals surface area (Å²) in [5.74, 6) is 0.879. The van der Waals surface area contributed by atoms with E-state index in [1.165, 1.54) is 24.0 Å². The quantitative estimate of drug-likeness (QED) is 0.458. The van der Waals surface area contributed by atoms with Gasteiger partial charge in [-0.25, -0.2) is 4.98 Å². The third-order valence-electron chi connectivity index (χ3n) is 6.69. The second-order valence-corrected chi connectivity index (χ2v) is 10.0. The molecule has 34 heavy (non-hydrogen) atoms. The van der Waals surface area contributed by atoms with E-state index in [1.807, 2.05) is 36.1 Å². The fraction of sp³-hybridized carbons (Fsp3) is 0.481. The Morgan fingerprint density at radius 2 is 1.94 bits per heavy atom. The number of rotatable bonds is 8. The summed E-state index contributed by atoms with van der Waals surface area (Å²) in [4.78, 5) is 22.9. The zero-order valence-electron chi connectivity index (χ0n) is 19.9. The zero-order valence-corrected chi connectivity index (χ0v) is 20.7. The molecule has 1 amide bonds. The van der Waals surface area contributed by atoms with E-state index in [0.29, 0.717) is 13.2 Å². The van der Waals surface area contributed by atoms with Crippen LogP contribution in [0.4, 0.5) is 5.13 Å². The normalized spacial score (nSPS) is 16.4. The Morgan fingerprint density at radius 3 is 2.76 bits per heavy atom. The number of ether oxygens (including phenoxy) is 2. The molecule has 7 heteroatoms. The van der Waals surface area contributed by atoms with E-state index in [2.05, 4.69) is 17.0 Å². The largest absolute Gasteiger partial charge is 0.494 e. The molecule has 1 saturated heterocycles. The molecule has 6 nitrogen and oxygen atoms in total. The molecule has 0 spiro atoms. The first-order valence-electron chi connectivity index (χ1n) is 12.5. The number of benzene rings is 2. The fourth-order valence-corrected chi connectivity index (χ4v) is 5.87. The number of aryl methyl sites for hydroxylation is 2. The number of carbonyl (C=O) groups is 1. The summed E-state index contributed by atoms with van der Waals surface area (Å²) in [5, 5.41) is 0.758. The predicted molar refractivity (Wildman–Crippen MR) is 137 cm³/mol. The van der Waals surface area contributed by atoms with Gasteiger partial charge in [0.05, 0.1) is 30.0 Å². The highest BCUT2D eigenvalue weighted by molar-refractivity contribution is 7.22. The van der Waals surface area contributed by atoms with Crippen LogP contribution >= 0.6 is 11.3 Å². The number of hydrogen-bond acceptors (Lipinski definition) is 6.